The summed E-state index contributed by atoms with van der Waals surface area (Å²) in [6.07, 6.45) is 11.2. The van der Waals surface area contributed by atoms with Crippen LogP contribution >= 0.6 is 11.9 Å². The van der Waals surface area contributed by atoms with Crippen molar-refractivity contribution in [2.75, 3.05) is 29.9 Å². The van der Waals surface area contributed by atoms with Crippen LogP contribution in [-0.2, 0) is 0 Å². The van der Waals surface area contributed by atoms with Crippen LogP contribution < -0.4 is 25.1 Å². The third-order valence-corrected chi connectivity index (χ3v) is 9.27. The van der Waals surface area contributed by atoms with Crippen LogP contribution in [0.3, 0.4) is 0 Å². The molecule has 6 rings (SSSR count). The van der Waals surface area contributed by atoms with Gasteiger partial charge in [0.2, 0.25) is 5.88 Å². The first-order valence-electron chi connectivity index (χ1n) is 14.8. The molecule has 1 saturated heterocycles. The maximum atomic E-state index is 13.5. The smallest absolute Gasteiger partial charge is 0.265 e. The molecule has 1 atom stereocenters. The molecule has 41 heavy (non-hydrogen) atoms. The van der Waals surface area contributed by atoms with Crippen LogP contribution in [-0.4, -0.2) is 50.9 Å². The summed E-state index contributed by atoms with van der Waals surface area (Å²) in [6, 6.07) is 8.54. The van der Waals surface area contributed by atoms with Gasteiger partial charge in [0.25, 0.3) is 5.91 Å². The monoisotopic (exact) mass is 577 g/mol. The Morgan fingerprint density at radius 3 is 2.80 bits per heavy atom. The van der Waals surface area contributed by atoms with Gasteiger partial charge < -0.3 is 19.9 Å². The van der Waals surface area contributed by atoms with Gasteiger partial charge in [-0.15, -0.1) is 5.10 Å². The lowest BCUT2D eigenvalue weighted by molar-refractivity contribution is 0.0984. The molecule has 0 unspecified atom stereocenters. The van der Waals surface area contributed by atoms with E-state index in [0.29, 0.717) is 46.4 Å². The molecule has 3 aliphatic rings. The van der Waals surface area contributed by atoms with Crippen LogP contribution in [0, 0.1) is 11.8 Å². The number of anilines is 2. The van der Waals surface area contributed by atoms with Gasteiger partial charge >= 0.3 is 0 Å². The molecule has 2 fully saturated rings. The number of hydrogen-bond acceptors (Lipinski definition) is 8. The van der Waals surface area contributed by atoms with Crippen LogP contribution in [0.15, 0.2) is 46.3 Å². The van der Waals surface area contributed by atoms with Gasteiger partial charge in [-0.3, -0.25) is 14.3 Å². The lowest BCUT2D eigenvalue weighted by Gasteiger charge is -2.34. The second-order valence-electron chi connectivity index (χ2n) is 12.1. The minimum Gasteiger partial charge on any atom is -0.477 e. The van der Waals surface area contributed by atoms with Crippen molar-refractivity contribution >= 4 is 29.5 Å². The average Bonchev–Trinajstić information content (AvgIpc) is 3.69. The van der Waals surface area contributed by atoms with Crippen LogP contribution in [0.4, 0.5) is 11.6 Å². The fraction of sp³-hybridized carbons (Fsp3) is 0.533. The van der Waals surface area contributed by atoms with Gasteiger partial charge in [0, 0.05) is 55.0 Å². The molecule has 3 N–H and O–H groups in total. The quantitative estimate of drug-likeness (QED) is 0.356. The number of ether oxygens (including phenoxy) is 1. The molecule has 1 aliphatic carbocycles. The molecule has 1 amide bonds. The highest BCUT2D eigenvalue weighted by Crippen LogP contribution is 2.40. The maximum Gasteiger partial charge on any atom is 0.265 e. The number of amides is 1. The second-order valence-corrected chi connectivity index (χ2v) is 13.0. The fourth-order valence-electron chi connectivity index (χ4n) is 6.48. The van der Waals surface area contributed by atoms with Crippen molar-refractivity contribution in [2.24, 2.45) is 11.8 Å². The van der Waals surface area contributed by atoms with Crippen molar-refractivity contribution in [2.45, 2.75) is 75.8 Å². The van der Waals surface area contributed by atoms with E-state index in [1.54, 1.807) is 10.7 Å². The number of rotatable bonds is 5. The largest absolute Gasteiger partial charge is 0.477 e. The number of carbonyl (C=O) groups is 1. The zero-order valence-electron chi connectivity index (χ0n) is 23.8. The maximum absolute atomic E-state index is 13.5. The topological polar surface area (TPSA) is 117 Å². The predicted octanol–water partition coefficient (Wildman–Crippen LogP) is 5.16. The highest BCUT2D eigenvalue weighted by molar-refractivity contribution is 7.97. The molecule has 0 radical (unpaired) electrons. The minimum atomic E-state index is -0.270. The zero-order chi connectivity index (χ0) is 28.4. The van der Waals surface area contributed by atoms with E-state index in [1.165, 1.54) is 31.7 Å². The van der Waals surface area contributed by atoms with E-state index in [9.17, 15) is 9.59 Å². The standard InChI is InChI=1S/C30H39N7O3S/c1-30(2)18-21-8-5-13-31-24-16-22(38)17-27(32-24)41-35-29(39)23-9-10-25(33-28(23)36(30)19-21)37-14-11-26(34-37)40-15-12-20-6-3-4-7-20/h9-11,14,16-17,20-21H,3-8,12-13,15,18-19H2,1-2H3,(H,35,39)(H2,31,32,38)/t21-/m0/s1. The minimum absolute atomic E-state index is 0.118. The van der Waals surface area contributed by atoms with Crippen LogP contribution in [0.25, 0.3) is 5.82 Å². The third kappa shape index (κ3) is 6.39. The number of aromatic nitrogens is 4. The summed E-state index contributed by atoms with van der Waals surface area (Å²) in [6.45, 7) is 6.69. The van der Waals surface area contributed by atoms with Gasteiger partial charge in [-0.1, -0.05) is 25.7 Å². The molecule has 218 valence electrons. The second kappa shape index (κ2) is 11.8. The van der Waals surface area contributed by atoms with Gasteiger partial charge in [0.15, 0.2) is 11.2 Å². The molecule has 3 aromatic heterocycles. The van der Waals surface area contributed by atoms with Crippen LogP contribution in [0.2, 0.25) is 0 Å². The van der Waals surface area contributed by atoms with Crippen LogP contribution in [0.1, 0.15) is 75.6 Å². The van der Waals surface area contributed by atoms with Gasteiger partial charge in [-0.05, 0) is 63.5 Å². The molecule has 0 spiro atoms. The molecule has 0 aromatic carbocycles. The Hall–Kier alpha value is -3.47. The van der Waals surface area contributed by atoms with E-state index in [-0.39, 0.29) is 16.9 Å². The number of nitrogens with one attached hydrogen (secondary N) is 3. The Bertz CT molecular complexity index is 1450. The Kier molecular flexibility index (Phi) is 7.96. The van der Waals surface area contributed by atoms with E-state index in [4.69, 9.17) is 9.72 Å². The summed E-state index contributed by atoms with van der Waals surface area (Å²) in [4.78, 5) is 36.3. The number of nitrogens with zero attached hydrogens (tertiary/aromatic N) is 4. The zero-order valence-corrected chi connectivity index (χ0v) is 24.6. The Labute approximate surface area is 244 Å². The van der Waals surface area contributed by atoms with Gasteiger partial charge in [-0.25, -0.2) is 9.67 Å². The van der Waals surface area contributed by atoms with Gasteiger partial charge in [0.1, 0.15) is 11.6 Å². The van der Waals surface area contributed by atoms with Crippen molar-refractivity contribution in [1.29, 1.82) is 0 Å². The molecule has 1 saturated carbocycles. The molecule has 5 heterocycles. The lowest BCUT2D eigenvalue weighted by Crippen LogP contribution is -2.40. The van der Waals surface area contributed by atoms with Crippen molar-refractivity contribution in [3.63, 3.8) is 0 Å². The molecule has 3 aromatic rings. The number of carbonyl (C=O) groups excluding carboxylic acids is 1. The van der Waals surface area contributed by atoms with Gasteiger partial charge in [-0.2, -0.15) is 0 Å². The first-order chi connectivity index (χ1) is 19.8. The summed E-state index contributed by atoms with van der Waals surface area (Å²) in [7, 11) is 0. The number of aromatic amines is 1. The van der Waals surface area contributed by atoms with Crippen molar-refractivity contribution in [1.82, 2.24) is 24.5 Å². The van der Waals surface area contributed by atoms with Crippen molar-refractivity contribution in [3.05, 3.63) is 52.3 Å². The summed E-state index contributed by atoms with van der Waals surface area (Å²) in [5.41, 5.74) is 0.200. The molecule has 11 heteroatoms. The van der Waals surface area contributed by atoms with E-state index in [1.807, 2.05) is 24.4 Å². The first-order valence-corrected chi connectivity index (χ1v) is 15.6. The number of fused-ring (bicyclic) bond motifs is 6. The third-order valence-electron chi connectivity index (χ3n) is 8.55. The number of pyridine rings is 2. The van der Waals surface area contributed by atoms with Crippen LogP contribution in [0.5, 0.6) is 5.88 Å². The van der Waals surface area contributed by atoms with E-state index in [0.717, 1.165) is 56.6 Å². The number of H-pyrrole nitrogens is 1. The Balaban J connectivity index is 1.28. The fourth-order valence-corrected chi connectivity index (χ4v) is 7.13. The SMILES string of the molecule is CC1(C)C[C@@H]2CCCNc3cc(=O)cc([nH]3)SNC(=O)c3ccc(-n4ccc(OCCC5CCCC5)n4)nc3N1C2. The first kappa shape index (κ1) is 27.7. The lowest BCUT2D eigenvalue weighted by atomic mass is 9.93. The summed E-state index contributed by atoms with van der Waals surface area (Å²) in [5, 5.41) is 8.53. The van der Waals surface area contributed by atoms with Crippen molar-refractivity contribution in [3.8, 4) is 11.7 Å². The van der Waals surface area contributed by atoms with E-state index < -0.39 is 0 Å². The highest BCUT2D eigenvalue weighted by Gasteiger charge is 2.40. The van der Waals surface area contributed by atoms with E-state index >= 15 is 0 Å². The summed E-state index contributed by atoms with van der Waals surface area (Å²) >= 11 is 1.09. The highest BCUT2D eigenvalue weighted by atomic mass is 32.2. The molecule has 10 nitrogen and oxygen atoms in total. The number of hydrogen-bond donors (Lipinski definition) is 3. The Morgan fingerprint density at radius 1 is 1.10 bits per heavy atom. The molecular formula is C30H39N7O3S. The van der Waals surface area contributed by atoms with E-state index in [2.05, 4.69) is 38.9 Å². The summed E-state index contributed by atoms with van der Waals surface area (Å²) in [5.74, 6) is 3.48. The average molecular weight is 578 g/mol. The van der Waals surface area contributed by atoms with Crippen molar-refractivity contribution < 1.29 is 9.53 Å². The van der Waals surface area contributed by atoms with Gasteiger partial charge in [0.05, 0.1) is 17.2 Å². The predicted molar refractivity (Wildman–Crippen MR) is 161 cm³/mol. The normalized spacial score (nSPS) is 21.0. The molecule has 4 bridgehead atoms. The Morgan fingerprint density at radius 2 is 1.95 bits per heavy atom. The molecule has 2 aliphatic heterocycles. The summed E-state index contributed by atoms with van der Waals surface area (Å²) < 4.78 is 10.6. The molecular weight excluding hydrogens is 538 g/mol.